The fraction of sp³-hybridized carbons (Fsp3) is 0.588. The molecule has 1 saturated heterocycles. The summed E-state index contributed by atoms with van der Waals surface area (Å²) in [6.07, 6.45) is 4.52. The van der Waals surface area contributed by atoms with Gasteiger partial charge in [-0.3, -0.25) is 9.69 Å². The standard InChI is InChI=1S/C17H25N3O2/c18-17(22)16-11-13-4-5-15(21)10-14(13)12-20(16)9-8-19-6-2-1-3-7-19/h4-5,10,16,21H,1-3,6-9,11-12H2,(H2,18,22). The number of nitrogens with zero attached hydrogens (tertiary/aromatic N) is 2. The van der Waals surface area contributed by atoms with Gasteiger partial charge in [-0.2, -0.15) is 0 Å². The second-order valence-electron chi connectivity index (χ2n) is 6.45. The van der Waals surface area contributed by atoms with E-state index in [4.69, 9.17) is 5.73 Å². The maximum absolute atomic E-state index is 11.8. The summed E-state index contributed by atoms with van der Waals surface area (Å²) in [5.41, 5.74) is 7.84. The number of carbonyl (C=O) groups excluding carboxylic acids is 1. The molecule has 120 valence electrons. The molecule has 1 fully saturated rings. The Morgan fingerprint density at radius 2 is 1.95 bits per heavy atom. The number of primary amides is 1. The van der Waals surface area contributed by atoms with Crippen molar-refractivity contribution in [3.05, 3.63) is 29.3 Å². The molecular formula is C17H25N3O2. The Hall–Kier alpha value is -1.59. The number of likely N-dealkylation sites (tertiary alicyclic amines) is 1. The second-order valence-corrected chi connectivity index (χ2v) is 6.45. The zero-order valence-corrected chi connectivity index (χ0v) is 13.0. The lowest BCUT2D eigenvalue weighted by molar-refractivity contribution is -0.123. The van der Waals surface area contributed by atoms with E-state index in [2.05, 4.69) is 9.80 Å². The largest absolute Gasteiger partial charge is 0.508 e. The van der Waals surface area contributed by atoms with Gasteiger partial charge in [0.15, 0.2) is 0 Å². The number of hydrogen-bond donors (Lipinski definition) is 2. The van der Waals surface area contributed by atoms with E-state index in [-0.39, 0.29) is 17.7 Å². The van der Waals surface area contributed by atoms with Gasteiger partial charge in [-0.15, -0.1) is 0 Å². The van der Waals surface area contributed by atoms with Crippen molar-refractivity contribution in [3.63, 3.8) is 0 Å². The first kappa shape index (κ1) is 15.3. The topological polar surface area (TPSA) is 69.8 Å². The van der Waals surface area contributed by atoms with Gasteiger partial charge in [0.25, 0.3) is 0 Å². The summed E-state index contributed by atoms with van der Waals surface area (Å²) in [5.74, 6) is 0.0321. The molecule has 5 heteroatoms. The van der Waals surface area contributed by atoms with Crippen LogP contribution in [0, 0.1) is 0 Å². The summed E-state index contributed by atoms with van der Waals surface area (Å²) in [4.78, 5) is 16.4. The predicted octanol–water partition coefficient (Wildman–Crippen LogP) is 1.09. The van der Waals surface area contributed by atoms with Crippen molar-refractivity contribution in [2.75, 3.05) is 26.2 Å². The van der Waals surface area contributed by atoms with E-state index in [1.807, 2.05) is 6.07 Å². The molecule has 2 aliphatic heterocycles. The van der Waals surface area contributed by atoms with Crippen LogP contribution in [0.5, 0.6) is 5.75 Å². The molecule has 0 bridgehead atoms. The maximum Gasteiger partial charge on any atom is 0.235 e. The number of phenolic OH excluding ortho intramolecular Hbond substituents is 1. The third-order valence-corrected chi connectivity index (χ3v) is 4.90. The Labute approximate surface area is 131 Å². The van der Waals surface area contributed by atoms with E-state index in [0.29, 0.717) is 13.0 Å². The smallest absolute Gasteiger partial charge is 0.235 e. The van der Waals surface area contributed by atoms with Gasteiger partial charge in [0, 0.05) is 19.6 Å². The van der Waals surface area contributed by atoms with Crippen molar-refractivity contribution in [1.29, 1.82) is 0 Å². The molecule has 3 N–H and O–H groups in total. The fourth-order valence-corrected chi connectivity index (χ4v) is 3.59. The minimum atomic E-state index is -0.252. The lowest BCUT2D eigenvalue weighted by Crippen LogP contribution is -2.51. The second kappa shape index (κ2) is 6.67. The zero-order valence-electron chi connectivity index (χ0n) is 13.0. The third kappa shape index (κ3) is 3.42. The van der Waals surface area contributed by atoms with E-state index in [1.165, 1.54) is 19.3 Å². The van der Waals surface area contributed by atoms with Crippen LogP contribution in [0.15, 0.2) is 18.2 Å². The van der Waals surface area contributed by atoms with E-state index >= 15 is 0 Å². The number of carbonyl (C=O) groups is 1. The monoisotopic (exact) mass is 303 g/mol. The highest BCUT2D eigenvalue weighted by atomic mass is 16.3. The summed E-state index contributed by atoms with van der Waals surface area (Å²) < 4.78 is 0. The molecule has 3 rings (SSSR count). The molecule has 0 radical (unpaired) electrons. The van der Waals surface area contributed by atoms with E-state index in [9.17, 15) is 9.90 Å². The fourth-order valence-electron chi connectivity index (χ4n) is 3.59. The molecule has 1 unspecified atom stereocenters. The zero-order chi connectivity index (χ0) is 15.5. The third-order valence-electron chi connectivity index (χ3n) is 4.90. The van der Waals surface area contributed by atoms with Crippen LogP contribution in [0.3, 0.4) is 0 Å². The molecular weight excluding hydrogens is 278 g/mol. The van der Waals surface area contributed by atoms with Crippen LogP contribution in [-0.4, -0.2) is 53.0 Å². The maximum atomic E-state index is 11.8. The lowest BCUT2D eigenvalue weighted by atomic mass is 9.93. The van der Waals surface area contributed by atoms with Gasteiger partial charge in [0.2, 0.25) is 5.91 Å². The number of rotatable bonds is 4. The van der Waals surface area contributed by atoms with Gasteiger partial charge in [-0.05, 0) is 55.6 Å². The minimum Gasteiger partial charge on any atom is -0.508 e. The highest BCUT2D eigenvalue weighted by molar-refractivity contribution is 5.80. The van der Waals surface area contributed by atoms with Crippen molar-refractivity contribution in [3.8, 4) is 5.75 Å². The number of aromatic hydroxyl groups is 1. The first-order valence-electron chi connectivity index (χ1n) is 8.20. The predicted molar refractivity (Wildman–Crippen MR) is 85.5 cm³/mol. The molecule has 0 spiro atoms. The van der Waals surface area contributed by atoms with Crippen LogP contribution in [0.2, 0.25) is 0 Å². The molecule has 1 aromatic rings. The molecule has 0 saturated carbocycles. The average Bonchev–Trinajstić information content (AvgIpc) is 2.52. The van der Waals surface area contributed by atoms with Gasteiger partial charge in [-0.1, -0.05) is 12.5 Å². The van der Waals surface area contributed by atoms with Crippen LogP contribution in [-0.2, 0) is 17.8 Å². The molecule has 2 heterocycles. The van der Waals surface area contributed by atoms with Crippen molar-refractivity contribution in [2.24, 2.45) is 5.73 Å². The molecule has 5 nitrogen and oxygen atoms in total. The Kier molecular flexibility index (Phi) is 4.64. The Bertz CT molecular complexity index is 541. The Morgan fingerprint density at radius 1 is 1.18 bits per heavy atom. The molecule has 0 aliphatic carbocycles. The lowest BCUT2D eigenvalue weighted by Gasteiger charge is -2.37. The van der Waals surface area contributed by atoms with Crippen molar-refractivity contribution >= 4 is 5.91 Å². The first-order chi connectivity index (χ1) is 10.6. The molecule has 2 aliphatic rings. The van der Waals surface area contributed by atoms with Crippen LogP contribution in [0.1, 0.15) is 30.4 Å². The number of fused-ring (bicyclic) bond motifs is 1. The summed E-state index contributed by atoms with van der Waals surface area (Å²) in [6.45, 7) is 4.84. The SMILES string of the molecule is NC(=O)C1Cc2ccc(O)cc2CN1CCN1CCCCC1. The van der Waals surface area contributed by atoms with Crippen LogP contribution in [0.25, 0.3) is 0 Å². The molecule has 1 amide bonds. The number of amides is 1. The number of nitrogens with two attached hydrogens (primary N) is 1. The summed E-state index contributed by atoms with van der Waals surface area (Å²) in [5, 5.41) is 9.66. The number of piperidine rings is 1. The van der Waals surface area contributed by atoms with E-state index in [1.54, 1.807) is 12.1 Å². The summed E-state index contributed by atoms with van der Waals surface area (Å²) in [7, 11) is 0. The van der Waals surface area contributed by atoms with Gasteiger partial charge >= 0.3 is 0 Å². The average molecular weight is 303 g/mol. The summed E-state index contributed by atoms with van der Waals surface area (Å²) in [6, 6.07) is 5.16. The highest BCUT2D eigenvalue weighted by Gasteiger charge is 2.30. The molecule has 0 aromatic heterocycles. The van der Waals surface area contributed by atoms with Crippen molar-refractivity contribution in [2.45, 2.75) is 38.3 Å². The van der Waals surface area contributed by atoms with Crippen molar-refractivity contribution in [1.82, 2.24) is 9.80 Å². The normalized spacial score (nSPS) is 23.2. The number of hydrogen-bond acceptors (Lipinski definition) is 4. The van der Waals surface area contributed by atoms with Gasteiger partial charge in [0.05, 0.1) is 6.04 Å². The van der Waals surface area contributed by atoms with E-state index < -0.39 is 0 Å². The van der Waals surface area contributed by atoms with Crippen LogP contribution < -0.4 is 5.73 Å². The number of phenols is 1. The highest BCUT2D eigenvalue weighted by Crippen LogP contribution is 2.26. The molecule has 1 aromatic carbocycles. The van der Waals surface area contributed by atoms with Gasteiger partial charge in [0.1, 0.15) is 5.75 Å². The summed E-state index contributed by atoms with van der Waals surface area (Å²) >= 11 is 0. The molecule has 22 heavy (non-hydrogen) atoms. The Balaban J connectivity index is 1.69. The molecule has 1 atom stereocenters. The minimum absolute atomic E-state index is 0.234. The first-order valence-corrected chi connectivity index (χ1v) is 8.20. The number of benzene rings is 1. The van der Waals surface area contributed by atoms with Gasteiger partial charge < -0.3 is 15.7 Å². The van der Waals surface area contributed by atoms with Crippen molar-refractivity contribution < 1.29 is 9.90 Å². The Morgan fingerprint density at radius 3 is 2.68 bits per heavy atom. The van der Waals surface area contributed by atoms with E-state index in [0.717, 1.165) is 37.3 Å². The van der Waals surface area contributed by atoms with Crippen LogP contribution in [0.4, 0.5) is 0 Å². The van der Waals surface area contributed by atoms with Crippen LogP contribution >= 0.6 is 0 Å². The quantitative estimate of drug-likeness (QED) is 0.873. The van der Waals surface area contributed by atoms with Gasteiger partial charge in [-0.25, -0.2) is 0 Å².